The van der Waals surface area contributed by atoms with Crippen molar-refractivity contribution in [3.63, 3.8) is 0 Å². The van der Waals surface area contributed by atoms with Crippen LogP contribution in [-0.4, -0.2) is 24.0 Å². The van der Waals surface area contributed by atoms with Crippen molar-refractivity contribution < 1.29 is 42.2 Å². The van der Waals surface area contributed by atoms with E-state index in [0.29, 0.717) is 36.8 Å². The van der Waals surface area contributed by atoms with E-state index in [-0.39, 0.29) is 38.6 Å². The van der Waals surface area contributed by atoms with Gasteiger partial charge in [-0.25, -0.2) is 6.08 Å². The van der Waals surface area contributed by atoms with Crippen molar-refractivity contribution >= 4 is 23.2 Å². The van der Waals surface area contributed by atoms with E-state index in [4.69, 9.17) is 16.3 Å². The largest absolute Gasteiger partial charge is 0.490 e. The molecule has 0 fully saturated rings. The van der Waals surface area contributed by atoms with Crippen molar-refractivity contribution in [3.05, 3.63) is 47.5 Å². The van der Waals surface area contributed by atoms with Gasteiger partial charge in [0, 0.05) is 45.7 Å². The van der Waals surface area contributed by atoms with Gasteiger partial charge in [-0.15, -0.1) is 35.3 Å². The molecule has 0 unspecified atom stereocenters. The molecule has 1 aliphatic heterocycles. The number of ether oxygens (including phenoxy) is 1. The molecule has 1 amide bonds. The van der Waals surface area contributed by atoms with Crippen molar-refractivity contribution in [1.29, 1.82) is 0 Å². The van der Waals surface area contributed by atoms with Crippen LogP contribution >= 0.6 is 11.6 Å². The van der Waals surface area contributed by atoms with Gasteiger partial charge in [-0.1, -0.05) is 12.7 Å². The maximum absolute atomic E-state index is 11.9. The van der Waals surface area contributed by atoms with Gasteiger partial charge in [-0.2, -0.15) is 0 Å². The topological polar surface area (TPSA) is 29.5 Å². The van der Waals surface area contributed by atoms with Crippen molar-refractivity contribution in [2.45, 2.75) is 19.8 Å². The van der Waals surface area contributed by atoms with E-state index < -0.39 is 0 Å². The Morgan fingerprint density at radius 3 is 2.90 bits per heavy atom. The summed E-state index contributed by atoms with van der Waals surface area (Å²) < 4.78 is 5.44. The summed E-state index contributed by atoms with van der Waals surface area (Å²) in [5.74, 6) is 0.800. The molecule has 0 bridgehead atoms. The molecule has 21 heavy (non-hydrogen) atoms. The Labute approximate surface area is 155 Å². The van der Waals surface area contributed by atoms with Gasteiger partial charge in [0.05, 0.1) is 0 Å². The minimum absolute atomic E-state index is 0. The summed E-state index contributed by atoms with van der Waals surface area (Å²) in [5.41, 5.74) is 1.58. The second kappa shape index (κ2) is 8.72. The van der Waals surface area contributed by atoms with Crippen LogP contribution in [0.3, 0.4) is 0 Å². The number of hydrogen-bond donors (Lipinski definition) is 0. The third kappa shape index (κ3) is 4.42. The molecule has 0 saturated carbocycles. The summed E-state index contributed by atoms with van der Waals surface area (Å²) in [5, 5.41) is 0.558. The average molecular weight is 380 g/mol. The summed E-state index contributed by atoms with van der Waals surface area (Å²) in [6.45, 7) is 6.60. The van der Waals surface area contributed by atoms with Gasteiger partial charge in [0.1, 0.15) is 12.4 Å². The van der Waals surface area contributed by atoms with Crippen molar-refractivity contribution in [1.82, 2.24) is 4.90 Å². The van der Waals surface area contributed by atoms with E-state index >= 15 is 0 Å². The quantitative estimate of drug-likeness (QED) is 0.577. The third-order valence-corrected chi connectivity index (χ3v) is 3.39. The Kier molecular flexibility index (Phi) is 7.65. The minimum atomic E-state index is 0. The van der Waals surface area contributed by atoms with Gasteiger partial charge in [0.15, 0.2) is 0 Å². The van der Waals surface area contributed by atoms with Crippen molar-refractivity contribution in [2.24, 2.45) is 0 Å². The Bertz CT molecular complexity index is 557. The minimum Gasteiger partial charge on any atom is -0.490 e. The van der Waals surface area contributed by atoms with E-state index in [2.05, 4.69) is 12.7 Å². The van der Waals surface area contributed by atoms with E-state index in [1.807, 2.05) is 19.1 Å². The number of halogens is 1. The molecule has 0 saturated heterocycles. The van der Waals surface area contributed by atoms with Crippen LogP contribution in [0.2, 0.25) is 5.02 Å². The van der Waals surface area contributed by atoms with Crippen LogP contribution in [0.4, 0.5) is 0 Å². The van der Waals surface area contributed by atoms with Gasteiger partial charge in [-0.05, 0) is 24.1 Å². The molecule has 5 heteroatoms. The number of carbonyl (C=O) groups excluding carboxylic acids is 1. The fraction of sp³-hybridized carbons (Fsp3) is 0.312. The zero-order valence-corrected chi connectivity index (χ0v) is 15.7. The number of nitrogens with zero attached hydrogens (tertiary/aromatic N) is 1. The molecule has 0 aliphatic carbocycles. The van der Waals surface area contributed by atoms with E-state index in [0.717, 1.165) is 11.3 Å². The third-order valence-electron chi connectivity index (χ3n) is 3.08. The normalized spacial score (nSPS) is 14.3. The predicted molar refractivity (Wildman–Crippen MR) is 80.4 cm³/mol. The number of allylic oxidation sites excluding steroid dienone is 1. The maximum atomic E-state index is 11.9. The number of hydrogen-bond acceptors (Lipinski definition) is 2. The van der Waals surface area contributed by atoms with Gasteiger partial charge >= 0.3 is 0 Å². The average Bonchev–Trinajstić information content (AvgIpc) is 2.45. The Morgan fingerprint density at radius 2 is 2.29 bits per heavy atom. The van der Waals surface area contributed by atoms with Gasteiger partial charge in [0.2, 0.25) is 5.91 Å². The van der Waals surface area contributed by atoms with Crippen molar-refractivity contribution in [3.8, 4) is 5.75 Å². The first kappa shape index (κ1) is 18.4. The molecule has 2 rings (SSSR count). The molecule has 1 aliphatic rings. The first-order valence-corrected chi connectivity index (χ1v) is 7.00. The van der Waals surface area contributed by atoms with Crippen LogP contribution < -0.4 is 4.74 Å². The van der Waals surface area contributed by atoms with Crippen LogP contribution in [0.15, 0.2) is 30.9 Å². The number of amides is 1. The van der Waals surface area contributed by atoms with Gasteiger partial charge in [0.25, 0.3) is 0 Å². The molecule has 1 aromatic rings. The van der Waals surface area contributed by atoms with Gasteiger partial charge < -0.3 is 9.64 Å². The molecule has 0 N–H and O–H groups in total. The number of carbonyl (C=O) groups is 1. The van der Waals surface area contributed by atoms with Gasteiger partial charge in [-0.3, -0.25) is 4.79 Å². The zero-order valence-electron chi connectivity index (χ0n) is 12.1. The molecule has 0 aromatic heterocycles. The van der Waals surface area contributed by atoms with E-state index in [1.165, 1.54) is 0 Å². The Morgan fingerprint density at radius 1 is 1.52 bits per heavy atom. The predicted octanol–water partition coefficient (Wildman–Crippen LogP) is 3.69. The van der Waals surface area contributed by atoms with E-state index in [1.54, 1.807) is 17.0 Å². The van der Waals surface area contributed by atoms with Crippen LogP contribution in [0.25, 0.3) is 5.70 Å². The number of rotatable bonds is 5. The standard InChI is InChI=1S/C16H17ClNO2.Y/c1-3-10-20-12-8-9-13(14(17)11-12)15-6-5-7-16(19)18(15)4-2;/h3,8-9,11H,1,4-5,7,10H2,2H3;/q-1;. The fourth-order valence-corrected chi connectivity index (χ4v) is 2.41. The molecule has 1 radical (unpaired) electrons. The van der Waals surface area contributed by atoms with Crippen LogP contribution in [0.1, 0.15) is 25.3 Å². The summed E-state index contributed by atoms with van der Waals surface area (Å²) in [4.78, 5) is 13.6. The summed E-state index contributed by atoms with van der Waals surface area (Å²) in [7, 11) is 0. The summed E-state index contributed by atoms with van der Waals surface area (Å²) in [6.07, 6.45) is 6.07. The molecule has 3 nitrogen and oxygen atoms in total. The molecule has 1 aromatic carbocycles. The number of benzene rings is 1. The van der Waals surface area contributed by atoms with Crippen LogP contribution in [0, 0.1) is 6.08 Å². The summed E-state index contributed by atoms with van der Waals surface area (Å²) in [6, 6.07) is 5.46. The van der Waals surface area contributed by atoms with Crippen LogP contribution in [-0.2, 0) is 37.5 Å². The fourth-order valence-electron chi connectivity index (χ4n) is 2.15. The molecule has 109 valence electrons. The molecule has 1 heterocycles. The van der Waals surface area contributed by atoms with Crippen molar-refractivity contribution in [2.75, 3.05) is 13.2 Å². The second-order valence-electron chi connectivity index (χ2n) is 4.40. The summed E-state index contributed by atoms with van der Waals surface area (Å²) >= 11 is 6.31. The molecular weight excluding hydrogens is 363 g/mol. The first-order valence-electron chi connectivity index (χ1n) is 6.62. The SMILES string of the molecule is C=CCOc1ccc(C2=[C-]CCC(=O)N2CC)c(Cl)c1.[Y]. The van der Waals surface area contributed by atoms with E-state index in [9.17, 15) is 4.79 Å². The molecular formula is C16H17ClNO2Y-. The maximum Gasteiger partial charge on any atom is 0.223 e. The second-order valence-corrected chi connectivity index (χ2v) is 4.81. The first-order chi connectivity index (χ1) is 9.67. The van der Waals surface area contributed by atoms with Crippen LogP contribution in [0.5, 0.6) is 5.75 Å². The monoisotopic (exact) mass is 379 g/mol. The Balaban J connectivity index is 0.00000220. The molecule has 0 atom stereocenters. The smallest absolute Gasteiger partial charge is 0.223 e. The Hall–Kier alpha value is -0.636. The zero-order chi connectivity index (χ0) is 14.5. The molecule has 0 spiro atoms.